The van der Waals surface area contributed by atoms with E-state index in [0.29, 0.717) is 6.10 Å². The third-order valence-corrected chi connectivity index (χ3v) is 2.42. The van der Waals surface area contributed by atoms with Gasteiger partial charge in [-0.15, -0.1) is 0 Å². The number of rotatable bonds is 3. The monoisotopic (exact) mass is 178 g/mol. The highest BCUT2D eigenvalue weighted by Crippen LogP contribution is 2.18. The summed E-state index contributed by atoms with van der Waals surface area (Å²) < 4.78 is 10.4. The van der Waals surface area contributed by atoms with Gasteiger partial charge in [0.1, 0.15) is 5.75 Å². The van der Waals surface area contributed by atoms with E-state index in [4.69, 9.17) is 9.47 Å². The van der Waals surface area contributed by atoms with Gasteiger partial charge in [-0.2, -0.15) is 0 Å². The maximum Gasteiger partial charge on any atom is 0.118 e. The van der Waals surface area contributed by atoms with E-state index in [1.165, 1.54) is 12.0 Å². The molecule has 0 amide bonds. The Hall–Kier alpha value is -1.02. The van der Waals surface area contributed by atoms with Gasteiger partial charge in [-0.25, -0.2) is 0 Å². The SMILES string of the molecule is COc1ccc(CC2CCO2)cc1. The Labute approximate surface area is 78.5 Å². The largest absolute Gasteiger partial charge is 0.497 e. The van der Waals surface area contributed by atoms with Crippen LogP contribution in [0.4, 0.5) is 0 Å². The zero-order valence-electron chi connectivity index (χ0n) is 7.82. The minimum Gasteiger partial charge on any atom is -0.497 e. The van der Waals surface area contributed by atoms with Crippen LogP contribution in [0.1, 0.15) is 12.0 Å². The zero-order chi connectivity index (χ0) is 9.10. The van der Waals surface area contributed by atoms with E-state index in [9.17, 15) is 0 Å². The van der Waals surface area contributed by atoms with Crippen LogP contribution in [0.2, 0.25) is 0 Å². The van der Waals surface area contributed by atoms with Gasteiger partial charge in [0, 0.05) is 6.61 Å². The lowest BCUT2D eigenvalue weighted by Gasteiger charge is -2.26. The first-order chi connectivity index (χ1) is 6.38. The second-order valence-electron chi connectivity index (χ2n) is 3.33. The van der Waals surface area contributed by atoms with Crippen LogP contribution >= 0.6 is 0 Å². The molecule has 1 saturated heterocycles. The molecule has 1 heterocycles. The lowest BCUT2D eigenvalue weighted by Crippen LogP contribution is -2.28. The Bertz CT molecular complexity index is 262. The Morgan fingerprint density at radius 3 is 2.54 bits per heavy atom. The van der Waals surface area contributed by atoms with Gasteiger partial charge in [0.25, 0.3) is 0 Å². The highest BCUT2D eigenvalue weighted by Gasteiger charge is 2.17. The number of benzene rings is 1. The van der Waals surface area contributed by atoms with Gasteiger partial charge in [0.15, 0.2) is 0 Å². The third-order valence-electron chi connectivity index (χ3n) is 2.42. The molecule has 1 fully saturated rings. The minimum atomic E-state index is 0.452. The lowest BCUT2D eigenvalue weighted by molar-refractivity contribution is -0.0491. The van der Waals surface area contributed by atoms with Crippen molar-refractivity contribution in [3.63, 3.8) is 0 Å². The molecule has 1 aromatic carbocycles. The number of hydrogen-bond donors (Lipinski definition) is 0. The van der Waals surface area contributed by atoms with Crippen molar-refractivity contribution in [3.05, 3.63) is 29.8 Å². The van der Waals surface area contributed by atoms with Crippen LogP contribution in [0.5, 0.6) is 5.75 Å². The van der Waals surface area contributed by atoms with Gasteiger partial charge in [-0.05, 0) is 30.5 Å². The fraction of sp³-hybridized carbons (Fsp3) is 0.455. The van der Waals surface area contributed by atoms with E-state index in [1.54, 1.807) is 7.11 Å². The van der Waals surface area contributed by atoms with Crippen molar-refractivity contribution in [1.29, 1.82) is 0 Å². The Morgan fingerprint density at radius 2 is 2.08 bits per heavy atom. The van der Waals surface area contributed by atoms with Gasteiger partial charge >= 0.3 is 0 Å². The standard InChI is InChI=1S/C11H14O2/c1-12-10-4-2-9(3-5-10)8-11-6-7-13-11/h2-5,11H,6-8H2,1H3. The first kappa shape index (κ1) is 8.57. The molecule has 0 saturated carbocycles. The summed E-state index contributed by atoms with van der Waals surface area (Å²) >= 11 is 0. The molecule has 0 aliphatic carbocycles. The molecule has 2 rings (SSSR count). The summed E-state index contributed by atoms with van der Waals surface area (Å²) in [5.74, 6) is 0.915. The molecule has 2 nitrogen and oxygen atoms in total. The highest BCUT2D eigenvalue weighted by atomic mass is 16.5. The topological polar surface area (TPSA) is 18.5 Å². The molecule has 13 heavy (non-hydrogen) atoms. The maximum atomic E-state index is 5.36. The quantitative estimate of drug-likeness (QED) is 0.705. The van der Waals surface area contributed by atoms with Crippen LogP contribution in [0.15, 0.2) is 24.3 Å². The van der Waals surface area contributed by atoms with Crippen LogP contribution in [-0.4, -0.2) is 19.8 Å². The molecule has 0 aromatic heterocycles. The normalized spacial score (nSPS) is 20.8. The van der Waals surface area contributed by atoms with Crippen LogP contribution in [0.25, 0.3) is 0 Å². The molecule has 70 valence electrons. The van der Waals surface area contributed by atoms with Crippen molar-refractivity contribution in [2.75, 3.05) is 13.7 Å². The molecule has 1 unspecified atom stereocenters. The molecule has 0 spiro atoms. The summed E-state index contributed by atoms with van der Waals surface area (Å²) in [5.41, 5.74) is 1.32. The molecule has 1 aliphatic heterocycles. The molecule has 0 radical (unpaired) electrons. The molecule has 1 aromatic rings. The van der Waals surface area contributed by atoms with Gasteiger partial charge in [0.2, 0.25) is 0 Å². The second kappa shape index (κ2) is 3.79. The number of hydrogen-bond acceptors (Lipinski definition) is 2. The predicted molar refractivity (Wildman–Crippen MR) is 51.1 cm³/mol. The van der Waals surface area contributed by atoms with E-state index in [0.717, 1.165) is 18.8 Å². The van der Waals surface area contributed by atoms with Gasteiger partial charge in [-0.3, -0.25) is 0 Å². The molecule has 0 N–H and O–H groups in total. The average Bonchev–Trinajstić information content (AvgIpc) is 2.12. The summed E-state index contributed by atoms with van der Waals surface area (Å²) in [4.78, 5) is 0. The minimum absolute atomic E-state index is 0.452. The van der Waals surface area contributed by atoms with E-state index in [-0.39, 0.29) is 0 Å². The van der Waals surface area contributed by atoms with Gasteiger partial charge in [0.05, 0.1) is 13.2 Å². The van der Waals surface area contributed by atoms with Crippen molar-refractivity contribution >= 4 is 0 Å². The van der Waals surface area contributed by atoms with E-state index in [2.05, 4.69) is 12.1 Å². The molecular formula is C11H14O2. The second-order valence-corrected chi connectivity index (χ2v) is 3.33. The number of ether oxygens (including phenoxy) is 2. The Kier molecular flexibility index (Phi) is 2.50. The fourth-order valence-corrected chi connectivity index (χ4v) is 1.47. The van der Waals surface area contributed by atoms with Crippen LogP contribution in [-0.2, 0) is 11.2 Å². The Balaban J connectivity index is 1.96. The predicted octanol–water partition coefficient (Wildman–Crippen LogP) is 2.03. The highest BCUT2D eigenvalue weighted by molar-refractivity contribution is 5.27. The summed E-state index contributed by atoms with van der Waals surface area (Å²) in [6.07, 6.45) is 2.68. The van der Waals surface area contributed by atoms with Crippen LogP contribution in [0.3, 0.4) is 0 Å². The maximum absolute atomic E-state index is 5.36. The Morgan fingerprint density at radius 1 is 1.38 bits per heavy atom. The molecular weight excluding hydrogens is 164 g/mol. The van der Waals surface area contributed by atoms with Gasteiger partial charge in [-0.1, -0.05) is 12.1 Å². The van der Waals surface area contributed by atoms with E-state index >= 15 is 0 Å². The molecule has 0 bridgehead atoms. The van der Waals surface area contributed by atoms with Crippen LogP contribution in [0, 0.1) is 0 Å². The first-order valence-corrected chi connectivity index (χ1v) is 4.63. The molecule has 2 heteroatoms. The lowest BCUT2D eigenvalue weighted by atomic mass is 10.0. The van der Waals surface area contributed by atoms with Crippen LogP contribution < -0.4 is 4.74 Å². The smallest absolute Gasteiger partial charge is 0.118 e. The molecule has 1 atom stereocenters. The molecule has 1 aliphatic rings. The van der Waals surface area contributed by atoms with Crippen molar-refractivity contribution in [3.8, 4) is 5.75 Å². The summed E-state index contributed by atoms with van der Waals surface area (Å²) in [6, 6.07) is 8.18. The fourth-order valence-electron chi connectivity index (χ4n) is 1.47. The van der Waals surface area contributed by atoms with Crippen molar-refractivity contribution in [1.82, 2.24) is 0 Å². The third kappa shape index (κ3) is 2.01. The summed E-state index contributed by atoms with van der Waals surface area (Å²) in [5, 5.41) is 0. The zero-order valence-corrected chi connectivity index (χ0v) is 7.82. The van der Waals surface area contributed by atoms with E-state index in [1.807, 2.05) is 12.1 Å². The van der Waals surface area contributed by atoms with Crippen molar-refractivity contribution in [2.24, 2.45) is 0 Å². The van der Waals surface area contributed by atoms with E-state index < -0.39 is 0 Å². The number of methoxy groups -OCH3 is 1. The van der Waals surface area contributed by atoms with Gasteiger partial charge < -0.3 is 9.47 Å². The summed E-state index contributed by atoms with van der Waals surface area (Å²) in [6.45, 7) is 0.931. The summed E-state index contributed by atoms with van der Waals surface area (Å²) in [7, 11) is 1.68. The average molecular weight is 178 g/mol. The van der Waals surface area contributed by atoms with Crippen molar-refractivity contribution < 1.29 is 9.47 Å². The first-order valence-electron chi connectivity index (χ1n) is 4.63. The van der Waals surface area contributed by atoms with Crippen molar-refractivity contribution in [2.45, 2.75) is 18.9 Å².